The fraction of sp³-hybridized carbons (Fsp3) is 0.870. The summed E-state index contributed by atoms with van der Waals surface area (Å²) in [5.41, 5.74) is 0. The van der Waals surface area contributed by atoms with Crippen molar-refractivity contribution in [3.63, 3.8) is 0 Å². The average molecular weight is 717 g/mol. The van der Waals surface area contributed by atoms with E-state index in [2.05, 4.69) is 37.5 Å². The number of hydrogen-bond acceptors (Lipinski definition) is 5. The van der Waals surface area contributed by atoms with E-state index in [0.29, 0.717) is 6.61 Å². The van der Waals surface area contributed by atoms with Gasteiger partial charge in [-0.1, -0.05) is 182 Å². The topological polar surface area (TPSA) is 45.2 Å². The number of aromatic hydroxyl groups is 1. The molecule has 0 aliphatic heterocycles. The maximum absolute atomic E-state index is 9.90. The predicted octanol–water partition coefficient (Wildman–Crippen LogP) is 13.7. The largest absolute Gasteiger partial charge is 0.508 e. The molecule has 51 heavy (non-hydrogen) atoms. The van der Waals surface area contributed by atoms with Crippen molar-refractivity contribution in [3.8, 4) is 11.5 Å². The van der Waals surface area contributed by atoms with Crippen molar-refractivity contribution in [3.05, 3.63) is 24.3 Å². The molecule has 0 spiro atoms. The molecule has 1 rings (SSSR count). The molecule has 0 fully saturated rings. The zero-order valence-corrected chi connectivity index (χ0v) is 34.8. The highest BCUT2D eigenvalue weighted by Gasteiger charge is 2.18. The van der Waals surface area contributed by atoms with Crippen molar-refractivity contribution in [2.24, 2.45) is 0 Å². The molecule has 0 radical (unpaired) electrons. The lowest BCUT2D eigenvalue weighted by Crippen LogP contribution is -2.40. The first-order valence-corrected chi connectivity index (χ1v) is 22.6. The Morgan fingerprint density at radius 3 is 1.14 bits per heavy atom. The molecule has 0 heterocycles. The Hall–Kier alpha value is -1.30. The molecule has 0 aromatic heterocycles. The van der Waals surface area contributed by atoms with E-state index in [0.717, 1.165) is 31.9 Å². The highest BCUT2D eigenvalue weighted by atomic mass is 16.7. The maximum atomic E-state index is 9.90. The van der Waals surface area contributed by atoms with E-state index in [1.54, 1.807) is 12.1 Å². The molecule has 300 valence electrons. The quantitative estimate of drug-likeness (QED) is 0.0541. The molecule has 1 atom stereocenters. The van der Waals surface area contributed by atoms with Gasteiger partial charge >= 0.3 is 0 Å². The van der Waals surface area contributed by atoms with Crippen molar-refractivity contribution >= 4 is 0 Å². The molecule has 1 unspecified atom stereocenters. The van der Waals surface area contributed by atoms with Crippen LogP contribution in [0.1, 0.15) is 207 Å². The minimum Gasteiger partial charge on any atom is -0.508 e. The van der Waals surface area contributed by atoms with Crippen LogP contribution in [0.25, 0.3) is 0 Å². The van der Waals surface area contributed by atoms with Gasteiger partial charge < -0.3 is 19.5 Å². The monoisotopic (exact) mass is 717 g/mol. The van der Waals surface area contributed by atoms with Gasteiger partial charge in [0.1, 0.15) is 11.5 Å². The van der Waals surface area contributed by atoms with Crippen LogP contribution in [0.5, 0.6) is 11.5 Å². The van der Waals surface area contributed by atoms with E-state index in [1.165, 1.54) is 193 Å². The Morgan fingerprint density at radius 2 is 0.765 bits per heavy atom. The van der Waals surface area contributed by atoms with Crippen LogP contribution in [0, 0.1) is 0 Å². The number of phenolic OH excluding ortho intramolecular Hbond substituents is 1. The fourth-order valence-electron chi connectivity index (χ4n) is 7.12. The smallest absolute Gasteiger partial charge is 0.212 e. The summed E-state index contributed by atoms with van der Waals surface area (Å²) in [4.78, 5) is 5.29. The first kappa shape index (κ1) is 47.7. The summed E-state index contributed by atoms with van der Waals surface area (Å²) in [6, 6.07) is 7.17. The average Bonchev–Trinajstić information content (AvgIpc) is 3.13. The maximum Gasteiger partial charge on any atom is 0.212 e. The first-order chi connectivity index (χ1) is 25.1. The van der Waals surface area contributed by atoms with Gasteiger partial charge in [-0.05, 0) is 76.1 Å². The second-order valence-electron chi connectivity index (χ2n) is 15.5. The van der Waals surface area contributed by atoms with E-state index in [9.17, 15) is 5.11 Å². The summed E-state index contributed by atoms with van der Waals surface area (Å²) in [5, 5.41) is 9.90. The van der Waals surface area contributed by atoms with Gasteiger partial charge in [-0.3, -0.25) is 4.90 Å². The molecule has 0 saturated carbocycles. The summed E-state index contributed by atoms with van der Waals surface area (Å²) in [6.07, 6.45) is 37.3. The Morgan fingerprint density at radius 1 is 0.431 bits per heavy atom. The lowest BCUT2D eigenvalue weighted by atomic mass is 10.1. The van der Waals surface area contributed by atoms with Gasteiger partial charge in [0, 0.05) is 6.54 Å². The Kier molecular flexibility index (Phi) is 34.7. The van der Waals surface area contributed by atoms with Gasteiger partial charge in [0.2, 0.25) is 6.29 Å². The molecule has 5 nitrogen and oxygen atoms in total. The molecular weight excluding hydrogens is 629 g/mol. The van der Waals surface area contributed by atoms with Gasteiger partial charge in [-0.25, -0.2) is 0 Å². The van der Waals surface area contributed by atoms with Gasteiger partial charge in [0.25, 0.3) is 0 Å². The first-order valence-electron chi connectivity index (χ1n) is 22.6. The zero-order valence-electron chi connectivity index (χ0n) is 34.8. The molecule has 0 amide bonds. The molecule has 0 saturated heterocycles. The van der Waals surface area contributed by atoms with Crippen molar-refractivity contribution in [2.75, 3.05) is 45.9 Å². The molecule has 1 N–H and O–H groups in total. The number of rotatable bonds is 40. The molecule has 1 aromatic carbocycles. The Balaban J connectivity index is 2.80. The van der Waals surface area contributed by atoms with Crippen molar-refractivity contribution in [2.45, 2.75) is 214 Å². The van der Waals surface area contributed by atoms with Crippen LogP contribution in [0.3, 0.4) is 0 Å². The minimum atomic E-state index is -0.317. The van der Waals surface area contributed by atoms with E-state index < -0.39 is 0 Å². The second kappa shape index (κ2) is 37.0. The van der Waals surface area contributed by atoms with Crippen LogP contribution >= 0.6 is 0 Å². The summed E-state index contributed by atoms with van der Waals surface area (Å²) in [7, 11) is 0. The number of phenols is 1. The van der Waals surface area contributed by atoms with Crippen LogP contribution < -0.4 is 4.74 Å². The Labute approximate surface area is 319 Å². The minimum absolute atomic E-state index is 0.269. The van der Waals surface area contributed by atoms with Crippen LogP contribution in [0.15, 0.2) is 24.3 Å². The summed E-state index contributed by atoms with van der Waals surface area (Å²) in [5.74, 6) is 1.04. The van der Waals surface area contributed by atoms with Crippen molar-refractivity contribution in [1.82, 2.24) is 9.80 Å². The third-order valence-electron chi connectivity index (χ3n) is 10.5. The number of benzene rings is 1. The standard InChI is InChI=1S/C46H88N2O3/c1-5-9-13-17-21-25-29-37-47(38-30-26-22-18-14-10-6-2)41-42-50-46(51-45-35-33-44(49)34-36-45)43-48(39-31-27-23-19-15-11-7-3)40-32-28-24-20-16-12-8-4/h33-36,46,49H,5-32,37-43H2,1-4H3. The van der Waals surface area contributed by atoms with Crippen LogP contribution in [0.2, 0.25) is 0 Å². The van der Waals surface area contributed by atoms with Gasteiger partial charge in [-0.15, -0.1) is 0 Å². The molecule has 1 aromatic rings. The van der Waals surface area contributed by atoms with E-state index in [1.807, 2.05) is 12.1 Å². The third-order valence-corrected chi connectivity index (χ3v) is 10.5. The molecule has 0 aliphatic carbocycles. The van der Waals surface area contributed by atoms with E-state index in [4.69, 9.17) is 9.47 Å². The van der Waals surface area contributed by atoms with Crippen LogP contribution in [0.4, 0.5) is 0 Å². The van der Waals surface area contributed by atoms with E-state index >= 15 is 0 Å². The lowest BCUT2D eigenvalue weighted by molar-refractivity contribution is -0.0997. The second-order valence-corrected chi connectivity index (χ2v) is 15.5. The van der Waals surface area contributed by atoms with Crippen LogP contribution in [-0.2, 0) is 4.74 Å². The SMILES string of the molecule is CCCCCCCCCN(CCCCCCCCC)CCOC(CN(CCCCCCCCC)CCCCCCCCC)Oc1ccc(O)cc1. The summed E-state index contributed by atoms with van der Waals surface area (Å²) in [6.45, 7) is 16.2. The van der Waals surface area contributed by atoms with Gasteiger partial charge in [-0.2, -0.15) is 0 Å². The molecule has 0 bridgehead atoms. The third kappa shape index (κ3) is 30.8. The van der Waals surface area contributed by atoms with Crippen molar-refractivity contribution in [1.29, 1.82) is 0 Å². The van der Waals surface area contributed by atoms with E-state index in [-0.39, 0.29) is 12.0 Å². The normalized spacial score (nSPS) is 12.4. The highest BCUT2D eigenvalue weighted by Crippen LogP contribution is 2.19. The number of unbranched alkanes of at least 4 members (excludes halogenated alkanes) is 24. The number of hydrogen-bond donors (Lipinski definition) is 1. The molecular formula is C46H88N2O3. The molecule has 0 aliphatic rings. The van der Waals surface area contributed by atoms with Crippen LogP contribution in [-0.4, -0.2) is 67.1 Å². The van der Waals surface area contributed by atoms with Crippen molar-refractivity contribution < 1.29 is 14.6 Å². The Bertz CT molecular complexity index is 783. The zero-order chi connectivity index (χ0) is 36.9. The predicted molar refractivity (Wildman–Crippen MR) is 223 cm³/mol. The van der Waals surface area contributed by atoms with Gasteiger partial charge in [0.15, 0.2) is 0 Å². The molecule has 5 heteroatoms. The fourth-order valence-corrected chi connectivity index (χ4v) is 7.12. The summed E-state index contributed by atoms with van der Waals surface area (Å²) < 4.78 is 13.2. The number of nitrogens with zero attached hydrogens (tertiary/aromatic N) is 2. The highest BCUT2D eigenvalue weighted by molar-refractivity contribution is 5.30. The number of ether oxygens (including phenoxy) is 2. The lowest BCUT2D eigenvalue weighted by Gasteiger charge is -2.29. The van der Waals surface area contributed by atoms with Gasteiger partial charge in [0.05, 0.1) is 13.2 Å². The summed E-state index contributed by atoms with van der Waals surface area (Å²) >= 11 is 0.